The minimum Gasteiger partial charge on any atom is -0.354 e. The summed E-state index contributed by atoms with van der Waals surface area (Å²) in [6.07, 6.45) is 1.69. The van der Waals surface area contributed by atoms with Gasteiger partial charge in [-0.25, -0.2) is 0 Å². The van der Waals surface area contributed by atoms with Crippen LogP contribution in [0.25, 0.3) is 10.9 Å². The van der Waals surface area contributed by atoms with Crippen molar-refractivity contribution < 1.29 is 4.79 Å². The van der Waals surface area contributed by atoms with Gasteiger partial charge < -0.3 is 10.6 Å². The first-order chi connectivity index (χ1) is 10.6. The van der Waals surface area contributed by atoms with Crippen LogP contribution in [0.1, 0.15) is 6.92 Å². The number of amides is 1. The summed E-state index contributed by atoms with van der Waals surface area (Å²) < 4.78 is 0.983. The standard InChI is InChI=1S/C16H13BrN4O/c1-10(22)19-12-3-5-13(6-4-12)20-16-9-18-21-15-7-2-11(17)8-14(15)16/h2-9H,1H3,(H,19,22)(H,20,21). The Kier molecular flexibility index (Phi) is 4.02. The number of carbonyl (C=O) groups is 1. The van der Waals surface area contributed by atoms with Crippen molar-refractivity contribution in [1.82, 2.24) is 10.2 Å². The Bertz CT molecular complexity index is 833. The van der Waals surface area contributed by atoms with Crippen LogP contribution >= 0.6 is 15.9 Å². The van der Waals surface area contributed by atoms with Gasteiger partial charge in [-0.1, -0.05) is 15.9 Å². The molecule has 3 rings (SSSR count). The van der Waals surface area contributed by atoms with E-state index in [9.17, 15) is 4.79 Å². The Morgan fingerprint density at radius 3 is 2.55 bits per heavy atom. The lowest BCUT2D eigenvalue weighted by atomic mass is 10.2. The summed E-state index contributed by atoms with van der Waals surface area (Å²) in [7, 11) is 0. The predicted octanol–water partition coefficient (Wildman–Crippen LogP) is 4.09. The smallest absolute Gasteiger partial charge is 0.221 e. The van der Waals surface area contributed by atoms with E-state index in [0.717, 1.165) is 32.4 Å². The van der Waals surface area contributed by atoms with E-state index < -0.39 is 0 Å². The summed E-state index contributed by atoms with van der Waals surface area (Å²) in [6, 6.07) is 13.3. The zero-order valence-corrected chi connectivity index (χ0v) is 13.4. The molecule has 0 saturated carbocycles. The molecule has 6 heteroatoms. The molecule has 110 valence electrons. The number of aromatic nitrogens is 2. The molecule has 3 aromatic rings. The molecule has 5 nitrogen and oxygen atoms in total. The van der Waals surface area contributed by atoms with E-state index in [0.29, 0.717) is 0 Å². The van der Waals surface area contributed by atoms with Crippen molar-refractivity contribution in [2.24, 2.45) is 0 Å². The van der Waals surface area contributed by atoms with E-state index in [1.165, 1.54) is 6.92 Å². The Balaban J connectivity index is 1.89. The zero-order chi connectivity index (χ0) is 15.5. The molecule has 0 atom stereocenters. The predicted molar refractivity (Wildman–Crippen MR) is 91.3 cm³/mol. The van der Waals surface area contributed by atoms with Gasteiger partial charge in [-0.05, 0) is 42.5 Å². The number of nitrogens with zero attached hydrogens (tertiary/aromatic N) is 2. The van der Waals surface area contributed by atoms with Crippen LogP contribution in [0.15, 0.2) is 53.1 Å². The fraction of sp³-hybridized carbons (Fsp3) is 0.0625. The lowest BCUT2D eigenvalue weighted by Gasteiger charge is -2.10. The number of anilines is 3. The lowest BCUT2D eigenvalue weighted by molar-refractivity contribution is -0.114. The first kappa shape index (κ1) is 14.5. The molecule has 0 aliphatic carbocycles. The van der Waals surface area contributed by atoms with E-state index >= 15 is 0 Å². The summed E-state index contributed by atoms with van der Waals surface area (Å²) in [5, 5.41) is 15.2. The summed E-state index contributed by atoms with van der Waals surface area (Å²) in [5.41, 5.74) is 3.36. The molecule has 1 amide bonds. The van der Waals surface area contributed by atoms with Crippen LogP contribution in [-0.4, -0.2) is 16.1 Å². The van der Waals surface area contributed by atoms with Crippen LogP contribution in [0, 0.1) is 0 Å². The molecule has 1 heterocycles. The summed E-state index contributed by atoms with van der Waals surface area (Å²) in [6.45, 7) is 1.48. The highest BCUT2D eigenvalue weighted by Crippen LogP contribution is 2.27. The van der Waals surface area contributed by atoms with Crippen molar-refractivity contribution >= 4 is 49.8 Å². The van der Waals surface area contributed by atoms with Gasteiger partial charge in [-0.15, -0.1) is 0 Å². The molecule has 0 unspecified atom stereocenters. The van der Waals surface area contributed by atoms with E-state index in [-0.39, 0.29) is 5.91 Å². The second-order valence-corrected chi connectivity index (χ2v) is 5.72. The highest BCUT2D eigenvalue weighted by Gasteiger charge is 2.04. The van der Waals surface area contributed by atoms with Gasteiger partial charge in [0, 0.05) is 28.2 Å². The van der Waals surface area contributed by atoms with Gasteiger partial charge >= 0.3 is 0 Å². The highest BCUT2D eigenvalue weighted by atomic mass is 79.9. The fourth-order valence-corrected chi connectivity index (χ4v) is 2.49. The Morgan fingerprint density at radius 2 is 1.82 bits per heavy atom. The third-order valence-electron chi connectivity index (χ3n) is 3.09. The second-order valence-electron chi connectivity index (χ2n) is 4.80. The number of halogens is 1. The average Bonchev–Trinajstić information content (AvgIpc) is 2.49. The van der Waals surface area contributed by atoms with Crippen molar-refractivity contribution in [3.63, 3.8) is 0 Å². The monoisotopic (exact) mass is 356 g/mol. The third-order valence-corrected chi connectivity index (χ3v) is 3.58. The SMILES string of the molecule is CC(=O)Nc1ccc(Nc2cnnc3ccc(Br)cc23)cc1. The van der Waals surface area contributed by atoms with Crippen molar-refractivity contribution in [2.45, 2.75) is 6.92 Å². The maximum Gasteiger partial charge on any atom is 0.221 e. The molecule has 0 saturated heterocycles. The number of hydrogen-bond donors (Lipinski definition) is 2. The third kappa shape index (κ3) is 3.23. The van der Waals surface area contributed by atoms with E-state index in [4.69, 9.17) is 0 Å². The van der Waals surface area contributed by atoms with Crippen molar-refractivity contribution in [3.05, 3.63) is 53.1 Å². The number of hydrogen-bond acceptors (Lipinski definition) is 4. The largest absolute Gasteiger partial charge is 0.354 e. The Labute approximate surface area is 135 Å². The van der Waals surface area contributed by atoms with Crippen molar-refractivity contribution in [2.75, 3.05) is 10.6 Å². The highest BCUT2D eigenvalue weighted by molar-refractivity contribution is 9.10. The maximum atomic E-state index is 11.0. The van der Waals surface area contributed by atoms with Crippen LogP contribution < -0.4 is 10.6 Å². The molecule has 0 aliphatic heterocycles. The quantitative estimate of drug-likeness (QED) is 0.741. The summed E-state index contributed by atoms with van der Waals surface area (Å²) in [4.78, 5) is 11.0. The number of carbonyl (C=O) groups excluding carboxylic acids is 1. The molecule has 0 fully saturated rings. The van der Waals surface area contributed by atoms with E-state index in [2.05, 4.69) is 36.8 Å². The van der Waals surface area contributed by atoms with Gasteiger partial charge in [0.25, 0.3) is 0 Å². The number of nitrogens with one attached hydrogen (secondary N) is 2. The van der Waals surface area contributed by atoms with Gasteiger partial charge in [0.2, 0.25) is 5.91 Å². The summed E-state index contributed by atoms with van der Waals surface area (Å²) >= 11 is 3.47. The van der Waals surface area contributed by atoms with E-state index in [1.807, 2.05) is 42.5 Å². The lowest BCUT2D eigenvalue weighted by Crippen LogP contribution is -2.05. The van der Waals surface area contributed by atoms with Crippen molar-refractivity contribution in [1.29, 1.82) is 0 Å². The van der Waals surface area contributed by atoms with Gasteiger partial charge in [0.1, 0.15) is 0 Å². The molecule has 0 aliphatic rings. The summed E-state index contributed by atoms with van der Waals surface area (Å²) in [5.74, 6) is -0.0881. The van der Waals surface area contributed by atoms with Crippen LogP contribution in [0.3, 0.4) is 0 Å². The molecular formula is C16H13BrN4O. The first-order valence-corrected chi connectivity index (χ1v) is 7.47. The molecule has 0 radical (unpaired) electrons. The van der Waals surface area contributed by atoms with Gasteiger partial charge in [0.05, 0.1) is 17.4 Å². The van der Waals surface area contributed by atoms with Crippen LogP contribution in [0.2, 0.25) is 0 Å². The molecule has 2 aromatic carbocycles. The maximum absolute atomic E-state index is 11.0. The van der Waals surface area contributed by atoms with Crippen LogP contribution in [-0.2, 0) is 4.79 Å². The Hall–Kier alpha value is -2.47. The molecular weight excluding hydrogens is 344 g/mol. The van der Waals surface area contributed by atoms with Crippen LogP contribution in [0.4, 0.5) is 17.1 Å². The minimum atomic E-state index is -0.0881. The van der Waals surface area contributed by atoms with Crippen molar-refractivity contribution in [3.8, 4) is 0 Å². The molecule has 1 aromatic heterocycles. The van der Waals surface area contributed by atoms with Gasteiger partial charge in [0.15, 0.2) is 0 Å². The van der Waals surface area contributed by atoms with Crippen LogP contribution in [0.5, 0.6) is 0 Å². The second kappa shape index (κ2) is 6.11. The number of benzene rings is 2. The van der Waals surface area contributed by atoms with E-state index in [1.54, 1.807) is 6.20 Å². The Morgan fingerprint density at radius 1 is 1.09 bits per heavy atom. The molecule has 0 bridgehead atoms. The normalized spacial score (nSPS) is 10.5. The van der Waals surface area contributed by atoms with Gasteiger partial charge in [-0.3, -0.25) is 4.79 Å². The zero-order valence-electron chi connectivity index (χ0n) is 11.8. The minimum absolute atomic E-state index is 0.0881. The number of fused-ring (bicyclic) bond motifs is 1. The first-order valence-electron chi connectivity index (χ1n) is 6.67. The average molecular weight is 357 g/mol. The fourth-order valence-electron chi connectivity index (χ4n) is 2.12. The molecule has 0 spiro atoms. The molecule has 2 N–H and O–H groups in total. The topological polar surface area (TPSA) is 66.9 Å². The van der Waals surface area contributed by atoms with Gasteiger partial charge in [-0.2, -0.15) is 10.2 Å². The number of rotatable bonds is 3. The molecule has 22 heavy (non-hydrogen) atoms.